The van der Waals surface area contributed by atoms with Crippen molar-refractivity contribution in [3.63, 3.8) is 0 Å². The number of rotatable bonds is 3. The molecule has 0 saturated carbocycles. The summed E-state index contributed by atoms with van der Waals surface area (Å²) in [6, 6.07) is 7.57. The van der Waals surface area contributed by atoms with Crippen molar-refractivity contribution in [1.82, 2.24) is 4.90 Å². The molecule has 3 nitrogen and oxygen atoms in total. The lowest BCUT2D eigenvalue weighted by Gasteiger charge is -2.22. The standard InChI is InChI=1S/C14H22BNO2S/c1-14(2)6-7-16(8-9-19-14)11-12-4-3-5-13(10-12)15(17)18/h3-5,10,17-18H,6-9,11H2,1-2H3. The first-order valence-corrected chi connectivity index (χ1v) is 7.76. The first kappa shape index (κ1) is 14.9. The molecule has 1 aromatic carbocycles. The highest BCUT2D eigenvalue weighted by atomic mass is 32.2. The van der Waals surface area contributed by atoms with Gasteiger partial charge in [-0.15, -0.1) is 0 Å². The summed E-state index contributed by atoms with van der Waals surface area (Å²) >= 11 is 2.04. The molecule has 1 heterocycles. The predicted molar refractivity (Wildman–Crippen MR) is 82.7 cm³/mol. The Morgan fingerprint density at radius 2 is 2.11 bits per heavy atom. The van der Waals surface area contributed by atoms with E-state index in [1.54, 1.807) is 6.07 Å². The molecular formula is C14H22BNO2S. The monoisotopic (exact) mass is 279 g/mol. The normalized spacial score (nSPS) is 20.0. The highest BCUT2D eigenvalue weighted by Crippen LogP contribution is 2.30. The summed E-state index contributed by atoms with van der Waals surface area (Å²) < 4.78 is 0.373. The van der Waals surface area contributed by atoms with E-state index in [0.29, 0.717) is 10.2 Å². The van der Waals surface area contributed by atoms with Gasteiger partial charge in [0, 0.05) is 23.6 Å². The van der Waals surface area contributed by atoms with E-state index in [2.05, 4.69) is 24.8 Å². The van der Waals surface area contributed by atoms with Gasteiger partial charge in [-0.1, -0.05) is 38.1 Å². The van der Waals surface area contributed by atoms with Crippen molar-refractivity contribution in [3.05, 3.63) is 29.8 Å². The molecule has 1 aliphatic rings. The number of hydrogen-bond acceptors (Lipinski definition) is 4. The van der Waals surface area contributed by atoms with Crippen LogP contribution in [0.15, 0.2) is 24.3 Å². The zero-order chi connectivity index (χ0) is 13.9. The minimum Gasteiger partial charge on any atom is -0.423 e. The molecule has 0 bridgehead atoms. The van der Waals surface area contributed by atoms with Gasteiger partial charge >= 0.3 is 7.12 Å². The van der Waals surface area contributed by atoms with Crippen LogP contribution in [0.25, 0.3) is 0 Å². The third-order valence-corrected chi connectivity index (χ3v) is 4.96. The van der Waals surface area contributed by atoms with Gasteiger partial charge in [-0.3, -0.25) is 4.90 Å². The molecule has 104 valence electrons. The fraction of sp³-hybridized carbons (Fsp3) is 0.571. The van der Waals surface area contributed by atoms with Gasteiger partial charge in [-0.2, -0.15) is 11.8 Å². The maximum atomic E-state index is 9.21. The van der Waals surface area contributed by atoms with E-state index in [0.717, 1.165) is 31.0 Å². The molecule has 0 unspecified atom stereocenters. The quantitative estimate of drug-likeness (QED) is 0.813. The molecule has 0 amide bonds. The van der Waals surface area contributed by atoms with E-state index in [9.17, 15) is 10.0 Å². The van der Waals surface area contributed by atoms with Crippen molar-refractivity contribution < 1.29 is 10.0 Å². The van der Waals surface area contributed by atoms with Crippen molar-refractivity contribution in [2.45, 2.75) is 31.6 Å². The zero-order valence-electron chi connectivity index (χ0n) is 11.7. The molecule has 0 aliphatic carbocycles. The predicted octanol–water partition coefficient (Wildman–Crippen LogP) is 1.08. The first-order valence-electron chi connectivity index (χ1n) is 6.78. The van der Waals surface area contributed by atoms with E-state index in [-0.39, 0.29) is 0 Å². The number of benzene rings is 1. The van der Waals surface area contributed by atoms with Crippen LogP contribution in [-0.4, -0.2) is 45.7 Å². The Morgan fingerprint density at radius 1 is 1.32 bits per heavy atom. The van der Waals surface area contributed by atoms with Crippen molar-refractivity contribution in [3.8, 4) is 0 Å². The van der Waals surface area contributed by atoms with E-state index < -0.39 is 7.12 Å². The van der Waals surface area contributed by atoms with Crippen molar-refractivity contribution in [2.75, 3.05) is 18.8 Å². The summed E-state index contributed by atoms with van der Waals surface area (Å²) in [7, 11) is -1.38. The van der Waals surface area contributed by atoms with E-state index in [4.69, 9.17) is 0 Å². The fourth-order valence-corrected chi connectivity index (χ4v) is 3.47. The topological polar surface area (TPSA) is 43.7 Å². The summed E-state index contributed by atoms with van der Waals surface area (Å²) in [6.45, 7) is 7.71. The van der Waals surface area contributed by atoms with Crippen LogP contribution in [-0.2, 0) is 6.54 Å². The smallest absolute Gasteiger partial charge is 0.423 e. The minimum absolute atomic E-state index is 0.373. The second-order valence-electron chi connectivity index (χ2n) is 5.75. The maximum Gasteiger partial charge on any atom is 0.488 e. The highest BCUT2D eigenvalue weighted by molar-refractivity contribution is 8.00. The third-order valence-electron chi connectivity index (χ3n) is 3.59. The summed E-state index contributed by atoms with van der Waals surface area (Å²) in [5, 5.41) is 18.4. The molecule has 2 rings (SSSR count). The van der Waals surface area contributed by atoms with Gasteiger partial charge in [0.25, 0.3) is 0 Å². The molecule has 0 atom stereocenters. The lowest BCUT2D eigenvalue weighted by Crippen LogP contribution is -2.31. The van der Waals surface area contributed by atoms with Gasteiger partial charge in [-0.05, 0) is 24.0 Å². The van der Waals surface area contributed by atoms with Crippen molar-refractivity contribution in [2.24, 2.45) is 0 Å². The Morgan fingerprint density at radius 3 is 2.84 bits per heavy atom. The van der Waals surface area contributed by atoms with Crippen LogP contribution in [0.1, 0.15) is 25.8 Å². The number of nitrogens with zero attached hydrogens (tertiary/aromatic N) is 1. The Bertz CT molecular complexity index is 426. The minimum atomic E-state index is -1.38. The summed E-state index contributed by atoms with van der Waals surface area (Å²) in [5.41, 5.74) is 1.72. The molecule has 5 heteroatoms. The third kappa shape index (κ3) is 4.53. The summed E-state index contributed by atoms with van der Waals surface area (Å²) in [6.07, 6.45) is 1.19. The first-order chi connectivity index (χ1) is 8.96. The van der Waals surface area contributed by atoms with E-state index in [1.807, 2.05) is 23.9 Å². The van der Waals surface area contributed by atoms with Crippen LogP contribution in [0.2, 0.25) is 0 Å². The second kappa shape index (κ2) is 6.31. The molecule has 0 spiro atoms. The average molecular weight is 279 g/mol. The van der Waals surface area contributed by atoms with Crippen LogP contribution in [0, 0.1) is 0 Å². The summed E-state index contributed by atoms with van der Waals surface area (Å²) in [4.78, 5) is 2.45. The maximum absolute atomic E-state index is 9.21. The Kier molecular flexibility index (Phi) is 4.95. The lowest BCUT2D eigenvalue weighted by molar-refractivity contribution is 0.276. The van der Waals surface area contributed by atoms with Crippen molar-refractivity contribution >= 4 is 24.3 Å². The van der Waals surface area contributed by atoms with Crippen LogP contribution >= 0.6 is 11.8 Å². The Hall–Kier alpha value is -0.485. The van der Waals surface area contributed by atoms with Crippen LogP contribution in [0.3, 0.4) is 0 Å². The number of hydrogen-bond donors (Lipinski definition) is 2. The lowest BCUT2D eigenvalue weighted by atomic mass is 9.79. The van der Waals surface area contributed by atoms with Gasteiger partial charge in [0.1, 0.15) is 0 Å². The molecule has 19 heavy (non-hydrogen) atoms. The van der Waals surface area contributed by atoms with Crippen molar-refractivity contribution in [1.29, 1.82) is 0 Å². The van der Waals surface area contributed by atoms with Gasteiger partial charge in [-0.25, -0.2) is 0 Å². The van der Waals surface area contributed by atoms with Crippen LogP contribution < -0.4 is 5.46 Å². The molecule has 2 N–H and O–H groups in total. The number of thioether (sulfide) groups is 1. The zero-order valence-corrected chi connectivity index (χ0v) is 12.5. The second-order valence-corrected chi connectivity index (χ2v) is 7.56. The molecule has 0 aromatic heterocycles. The van der Waals surface area contributed by atoms with E-state index >= 15 is 0 Å². The van der Waals surface area contributed by atoms with Gasteiger partial charge in [0.15, 0.2) is 0 Å². The van der Waals surface area contributed by atoms with Crippen LogP contribution in [0.5, 0.6) is 0 Å². The largest absolute Gasteiger partial charge is 0.488 e. The molecule has 0 radical (unpaired) electrons. The van der Waals surface area contributed by atoms with Gasteiger partial charge < -0.3 is 10.0 Å². The Balaban J connectivity index is 1.99. The molecular weight excluding hydrogens is 257 g/mol. The van der Waals surface area contributed by atoms with Gasteiger partial charge in [0.2, 0.25) is 0 Å². The molecule has 1 fully saturated rings. The highest BCUT2D eigenvalue weighted by Gasteiger charge is 2.23. The fourth-order valence-electron chi connectivity index (χ4n) is 2.33. The van der Waals surface area contributed by atoms with Crippen LogP contribution in [0.4, 0.5) is 0 Å². The SMILES string of the molecule is CC1(C)CCN(Cc2cccc(B(O)O)c2)CCS1. The molecule has 1 aliphatic heterocycles. The summed E-state index contributed by atoms with van der Waals surface area (Å²) in [5.74, 6) is 1.16. The van der Waals surface area contributed by atoms with Gasteiger partial charge in [0.05, 0.1) is 0 Å². The molecule has 1 saturated heterocycles. The van der Waals surface area contributed by atoms with E-state index in [1.165, 1.54) is 6.42 Å². The average Bonchev–Trinajstić information content (AvgIpc) is 2.51. The molecule has 1 aromatic rings. The Labute approximate surface area is 120 Å².